The van der Waals surface area contributed by atoms with E-state index in [1.54, 1.807) is 36.4 Å². The summed E-state index contributed by atoms with van der Waals surface area (Å²) in [5, 5.41) is 0. The van der Waals surface area contributed by atoms with Crippen molar-refractivity contribution in [3.05, 3.63) is 84.4 Å². The van der Waals surface area contributed by atoms with Crippen molar-refractivity contribution in [2.24, 2.45) is 5.92 Å². The molecule has 0 unspecified atom stereocenters. The molecule has 0 aliphatic carbocycles. The van der Waals surface area contributed by atoms with E-state index in [4.69, 9.17) is 9.47 Å². The molecule has 1 N–H and O–H groups in total. The first-order valence-electron chi connectivity index (χ1n) is 11.8. The van der Waals surface area contributed by atoms with E-state index in [1.165, 1.54) is 12.1 Å². The molecule has 1 amide bonds. The lowest BCUT2D eigenvalue weighted by Gasteiger charge is -2.32. The van der Waals surface area contributed by atoms with E-state index in [2.05, 4.69) is 4.72 Å². The third-order valence-corrected chi connectivity index (χ3v) is 7.36. The SMILES string of the molecule is CCOc1ccc(NS(=O)(=O)c2ccc(C(=O)N3CCC(COc4ccccc4)CC3)cc2)cc1. The van der Waals surface area contributed by atoms with Crippen molar-refractivity contribution in [3.63, 3.8) is 0 Å². The predicted octanol–water partition coefficient (Wildman–Crippen LogP) is 4.82. The molecular weight excluding hydrogens is 464 g/mol. The van der Waals surface area contributed by atoms with Gasteiger partial charge in [-0.2, -0.15) is 0 Å². The quantitative estimate of drug-likeness (QED) is 0.461. The molecule has 184 valence electrons. The number of para-hydroxylation sites is 1. The first-order chi connectivity index (χ1) is 16.9. The third-order valence-electron chi connectivity index (χ3n) is 5.96. The van der Waals surface area contributed by atoms with E-state index in [1.807, 2.05) is 42.2 Å². The standard InChI is InChI=1S/C27H30N2O5S/c1-2-33-25-12-10-23(11-13-25)28-35(31,32)26-14-8-22(9-15-26)27(30)29-18-16-21(17-19-29)20-34-24-6-4-3-5-7-24/h3-15,21,28H,2,16-20H2,1H3. The molecule has 1 heterocycles. The lowest BCUT2D eigenvalue weighted by molar-refractivity contribution is 0.0661. The number of nitrogens with one attached hydrogen (secondary N) is 1. The Morgan fingerprint density at radius 1 is 0.886 bits per heavy atom. The average Bonchev–Trinajstić information content (AvgIpc) is 2.89. The Morgan fingerprint density at radius 2 is 1.51 bits per heavy atom. The number of rotatable bonds is 9. The first kappa shape index (κ1) is 24.6. The highest BCUT2D eigenvalue weighted by molar-refractivity contribution is 7.92. The summed E-state index contributed by atoms with van der Waals surface area (Å²) in [5.74, 6) is 1.85. The molecular formula is C27H30N2O5S. The molecule has 1 fully saturated rings. The van der Waals surface area contributed by atoms with Gasteiger partial charge in [0.15, 0.2) is 0 Å². The van der Waals surface area contributed by atoms with Crippen LogP contribution in [-0.2, 0) is 10.0 Å². The van der Waals surface area contributed by atoms with Gasteiger partial charge in [0.1, 0.15) is 11.5 Å². The van der Waals surface area contributed by atoms with Gasteiger partial charge < -0.3 is 14.4 Å². The summed E-state index contributed by atoms with van der Waals surface area (Å²) < 4.78 is 39.3. The smallest absolute Gasteiger partial charge is 0.261 e. The molecule has 7 nitrogen and oxygen atoms in total. The van der Waals surface area contributed by atoms with Crippen molar-refractivity contribution < 1.29 is 22.7 Å². The summed E-state index contributed by atoms with van der Waals surface area (Å²) in [7, 11) is -3.77. The highest BCUT2D eigenvalue weighted by atomic mass is 32.2. The van der Waals surface area contributed by atoms with Gasteiger partial charge in [-0.1, -0.05) is 18.2 Å². The Bertz CT molecular complexity index is 1200. The number of amides is 1. The van der Waals surface area contributed by atoms with Crippen LogP contribution in [0.4, 0.5) is 5.69 Å². The van der Waals surface area contributed by atoms with Gasteiger partial charge in [0, 0.05) is 24.3 Å². The lowest BCUT2D eigenvalue weighted by Crippen LogP contribution is -2.39. The summed E-state index contributed by atoms with van der Waals surface area (Å²) in [4.78, 5) is 14.9. The molecule has 8 heteroatoms. The van der Waals surface area contributed by atoms with Gasteiger partial charge >= 0.3 is 0 Å². The van der Waals surface area contributed by atoms with Crippen LogP contribution in [0.5, 0.6) is 11.5 Å². The van der Waals surface area contributed by atoms with E-state index < -0.39 is 10.0 Å². The first-order valence-corrected chi connectivity index (χ1v) is 13.3. The molecule has 0 aromatic heterocycles. The van der Waals surface area contributed by atoms with Crippen LogP contribution < -0.4 is 14.2 Å². The van der Waals surface area contributed by atoms with Crippen LogP contribution in [0.2, 0.25) is 0 Å². The van der Waals surface area contributed by atoms with E-state index in [0.29, 0.717) is 49.2 Å². The highest BCUT2D eigenvalue weighted by Crippen LogP contribution is 2.23. The molecule has 0 saturated carbocycles. The summed E-state index contributed by atoms with van der Waals surface area (Å²) in [6.07, 6.45) is 1.74. The van der Waals surface area contributed by atoms with Crippen LogP contribution in [-0.4, -0.2) is 45.5 Å². The van der Waals surface area contributed by atoms with Crippen molar-refractivity contribution in [2.75, 3.05) is 31.0 Å². The van der Waals surface area contributed by atoms with Crippen molar-refractivity contribution in [1.82, 2.24) is 4.90 Å². The Hall–Kier alpha value is -3.52. The number of carbonyl (C=O) groups is 1. The number of hydrogen-bond acceptors (Lipinski definition) is 5. The van der Waals surface area contributed by atoms with Crippen LogP contribution in [0, 0.1) is 5.92 Å². The number of piperidine rings is 1. The van der Waals surface area contributed by atoms with E-state index in [9.17, 15) is 13.2 Å². The number of anilines is 1. The zero-order valence-corrected chi connectivity index (χ0v) is 20.5. The fourth-order valence-electron chi connectivity index (χ4n) is 3.99. The number of ether oxygens (including phenoxy) is 2. The second-order valence-corrected chi connectivity index (χ2v) is 10.1. The second-order valence-electron chi connectivity index (χ2n) is 8.45. The maximum atomic E-state index is 12.9. The average molecular weight is 495 g/mol. The largest absolute Gasteiger partial charge is 0.494 e. The second kappa shape index (κ2) is 11.3. The van der Waals surface area contributed by atoms with Gasteiger partial charge in [0.25, 0.3) is 15.9 Å². The molecule has 0 radical (unpaired) electrons. The number of nitrogens with zero attached hydrogens (tertiary/aromatic N) is 1. The van der Waals surface area contributed by atoms with Crippen LogP contribution in [0.3, 0.4) is 0 Å². The Balaban J connectivity index is 1.30. The van der Waals surface area contributed by atoms with Crippen molar-refractivity contribution >= 4 is 21.6 Å². The van der Waals surface area contributed by atoms with Crippen molar-refractivity contribution in [2.45, 2.75) is 24.7 Å². The van der Waals surface area contributed by atoms with Gasteiger partial charge in [-0.3, -0.25) is 9.52 Å². The predicted molar refractivity (Wildman–Crippen MR) is 135 cm³/mol. The molecule has 3 aromatic rings. The molecule has 4 rings (SSSR count). The zero-order chi connectivity index (χ0) is 24.7. The number of hydrogen-bond donors (Lipinski definition) is 1. The molecule has 35 heavy (non-hydrogen) atoms. The summed E-state index contributed by atoms with van der Waals surface area (Å²) >= 11 is 0. The Morgan fingerprint density at radius 3 is 2.14 bits per heavy atom. The normalized spacial score (nSPS) is 14.4. The Labute approximate surface area is 206 Å². The Kier molecular flexibility index (Phi) is 7.92. The molecule has 0 spiro atoms. The highest BCUT2D eigenvalue weighted by Gasteiger charge is 2.24. The topological polar surface area (TPSA) is 84.9 Å². The number of carbonyl (C=O) groups excluding carboxylic acids is 1. The summed E-state index contributed by atoms with van der Waals surface area (Å²) in [6.45, 7) is 4.37. The summed E-state index contributed by atoms with van der Waals surface area (Å²) in [5.41, 5.74) is 0.914. The minimum Gasteiger partial charge on any atom is -0.494 e. The molecule has 1 aliphatic heterocycles. The number of sulfonamides is 1. The maximum absolute atomic E-state index is 12.9. The van der Waals surface area contributed by atoms with E-state index in [0.717, 1.165) is 18.6 Å². The fraction of sp³-hybridized carbons (Fsp3) is 0.296. The monoisotopic (exact) mass is 494 g/mol. The summed E-state index contributed by atoms with van der Waals surface area (Å²) in [6, 6.07) is 22.5. The minimum atomic E-state index is -3.77. The van der Waals surface area contributed by atoms with Gasteiger partial charge in [-0.05, 0) is 86.3 Å². The lowest BCUT2D eigenvalue weighted by atomic mass is 9.97. The van der Waals surface area contributed by atoms with Gasteiger partial charge in [-0.15, -0.1) is 0 Å². The molecule has 1 aliphatic rings. The van der Waals surface area contributed by atoms with Crippen LogP contribution >= 0.6 is 0 Å². The van der Waals surface area contributed by atoms with Gasteiger partial charge in [-0.25, -0.2) is 8.42 Å². The fourth-order valence-corrected chi connectivity index (χ4v) is 5.05. The molecule has 1 saturated heterocycles. The maximum Gasteiger partial charge on any atom is 0.261 e. The van der Waals surface area contributed by atoms with E-state index >= 15 is 0 Å². The van der Waals surface area contributed by atoms with Gasteiger partial charge in [0.2, 0.25) is 0 Å². The molecule has 0 bridgehead atoms. The minimum absolute atomic E-state index is 0.0872. The van der Waals surface area contributed by atoms with Crippen LogP contribution in [0.25, 0.3) is 0 Å². The molecule has 3 aromatic carbocycles. The van der Waals surface area contributed by atoms with Gasteiger partial charge in [0.05, 0.1) is 18.1 Å². The van der Waals surface area contributed by atoms with E-state index in [-0.39, 0.29) is 10.8 Å². The number of benzene rings is 3. The van der Waals surface area contributed by atoms with Crippen molar-refractivity contribution in [1.29, 1.82) is 0 Å². The third kappa shape index (κ3) is 6.54. The van der Waals surface area contributed by atoms with Crippen molar-refractivity contribution in [3.8, 4) is 11.5 Å². The number of likely N-dealkylation sites (tertiary alicyclic amines) is 1. The zero-order valence-electron chi connectivity index (χ0n) is 19.7. The van der Waals surface area contributed by atoms with Crippen LogP contribution in [0.15, 0.2) is 83.8 Å². The van der Waals surface area contributed by atoms with Crippen LogP contribution in [0.1, 0.15) is 30.1 Å². The molecule has 0 atom stereocenters.